The molecule has 6 aromatic rings. The van der Waals surface area contributed by atoms with Crippen LogP contribution in [0.3, 0.4) is 0 Å². The van der Waals surface area contributed by atoms with E-state index in [0.717, 1.165) is 34.8 Å². The minimum atomic E-state index is 0.410. The Labute approximate surface area is 285 Å². The number of rotatable bonds is 8. The maximum Gasteiger partial charge on any atom is 0.0467 e. The van der Waals surface area contributed by atoms with Crippen LogP contribution >= 0.6 is 0 Å². The predicted molar refractivity (Wildman–Crippen MR) is 201 cm³/mol. The summed E-state index contributed by atoms with van der Waals surface area (Å²) in [5, 5.41) is 0. The topological polar surface area (TPSA) is 6.48 Å². The van der Waals surface area contributed by atoms with Crippen LogP contribution in [0.5, 0.6) is 0 Å². The van der Waals surface area contributed by atoms with Gasteiger partial charge in [-0.25, -0.2) is 0 Å². The number of para-hydroxylation sites is 3. The van der Waals surface area contributed by atoms with Gasteiger partial charge in [0.25, 0.3) is 0 Å². The van der Waals surface area contributed by atoms with E-state index in [1.807, 2.05) is 0 Å². The SMILES string of the molecule is c1ccc(N(c2ccccc2)c2ccc(-c3cccc(N(c4ccccc4)c4ccc(C56CC7CC(CC(C7)C5)C6)cc4)c3)cc2)cc1. The maximum absolute atomic E-state index is 2.46. The molecule has 4 aliphatic carbocycles. The fourth-order valence-electron chi connectivity index (χ4n) is 9.68. The molecular weight excluding hydrogens is 581 g/mol. The van der Waals surface area contributed by atoms with Crippen molar-refractivity contribution >= 4 is 34.1 Å². The molecule has 6 aromatic carbocycles. The lowest BCUT2D eigenvalue weighted by molar-refractivity contribution is -0.00518. The molecule has 0 N–H and O–H groups in total. The molecule has 236 valence electrons. The largest absolute Gasteiger partial charge is 0.311 e. The molecule has 0 aliphatic heterocycles. The number of anilines is 6. The van der Waals surface area contributed by atoms with Crippen molar-refractivity contribution in [2.24, 2.45) is 17.8 Å². The lowest BCUT2D eigenvalue weighted by atomic mass is 9.48. The second kappa shape index (κ2) is 12.2. The summed E-state index contributed by atoms with van der Waals surface area (Å²) in [5.74, 6) is 2.86. The highest BCUT2D eigenvalue weighted by molar-refractivity contribution is 5.82. The highest BCUT2D eigenvalue weighted by Gasteiger charge is 2.51. The van der Waals surface area contributed by atoms with Gasteiger partial charge in [-0.15, -0.1) is 0 Å². The van der Waals surface area contributed by atoms with Crippen LogP contribution in [-0.4, -0.2) is 0 Å². The highest BCUT2D eigenvalue weighted by Crippen LogP contribution is 2.60. The smallest absolute Gasteiger partial charge is 0.0467 e. The Morgan fingerprint density at radius 1 is 0.354 bits per heavy atom. The average Bonchev–Trinajstić information content (AvgIpc) is 3.13. The first kappa shape index (κ1) is 29.1. The zero-order chi connectivity index (χ0) is 31.9. The van der Waals surface area contributed by atoms with Crippen molar-refractivity contribution in [3.63, 3.8) is 0 Å². The summed E-state index contributed by atoms with van der Waals surface area (Å²) in [4.78, 5) is 4.72. The zero-order valence-corrected chi connectivity index (χ0v) is 27.5. The van der Waals surface area contributed by atoms with Gasteiger partial charge in [0.2, 0.25) is 0 Å². The van der Waals surface area contributed by atoms with E-state index in [1.54, 1.807) is 5.56 Å². The van der Waals surface area contributed by atoms with Crippen molar-refractivity contribution in [3.8, 4) is 11.1 Å². The number of benzene rings is 6. The van der Waals surface area contributed by atoms with Gasteiger partial charge in [-0.05, 0) is 151 Å². The monoisotopic (exact) mass is 622 g/mol. The number of hydrogen-bond donors (Lipinski definition) is 0. The van der Waals surface area contributed by atoms with E-state index >= 15 is 0 Å². The molecule has 0 saturated heterocycles. The van der Waals surface area contributed by atoms with Gasteiger partial charge in [0.15, 0.2) is 0 Å². The predicted octanol–water partition coefficient (Wildman–Crippen LogP) is 12.8. The molecule has 48 heavy (non-hydrogen) atoms. The van der Waals surface area contributed by atoms with Gasteiger partial charge < -0.3 is 9.80 Å². The van der Waals surface area contributed by atoms with E-state index in [1.165, 1.54) is 66.7 Å². The zero-order valence-electron chi connectivity index (χ0n) is 27.5. The van der Waals surface area contributed by atoms with Crippen LogP contribution in [0.25, 0.3) is 11.1 Å². The van der Waals surface area contributed by atoms with Crippen LogP contribution in [0, 0.1) is 17.8 Å². The normalized spacial score (nSPS) is 22.4. The van der Waals surface area contributed by atoms with Crippen LogP contribution in [0.15, 0.2) is 164 Å². The summed E-state index contributed by atoms with van der Waals surface area (Å²) in [6.45, 7) is 0. The third-order valence-electron chi connectivity index (χ3n) is 11.4. The maximum atomic E-state index is 2.46. The Balaban J connectivity index is 1.04. The molecule has 4 saturated carbocycles. The molecule has 0 unspecified atom stereocenters. The second-order valence-electron chi connectivity index (χ2n) is 14.5. The van der Waals surface area contributed by atoms with E-state index in [9.17, 15) is 0 Å². The van der Waals surface area contributed by atoms with Gasteiger partial charge >= 0.3 is 0 Å². The minimum Gasteiger partial charge on any atom is -0.311 e. The molecule has 4 fully saturated rings. The molecular formula is C46H42N2. The number of nitrogens with zero attached hydrogens (tertiary/aromatic N) is 2. The van der Waals surface area contributed by atoms with Gasteiger partial charge in [-0.2, -0.15) is 0 Å². The van der Waals surface area contributed by atoms with Crippen molar-refractivity contribution in [2.45, 2.75) is 43.9 Å². The first-order valence-corrected chi connectivity index (χ1v) is 17.8. The van der Waals surface area contributed by atoms with Gasteiger partial charge in [-0.1, -0.05) is 91.0 Å². The molecule has 2 heteroatoms. The Morgan fingerprint density at radius 2 is 0.750 bits per heavy atom. The van der Waals surface area contributed by atoms with Crippen molar-refractivity contribution in [3.05, 3.63) is 169 Å². The van der Waals surface area contributed by atoms with Gasteiger partial charge in [-0.3, -0.25) is 0 Å². The summed E-state index contributed by atoms with van der Waals surface area (Å²) < 4.78 is 0. The van der Waals surface area contributed by atoms with E-state index < -0.39 is 0 Å². The Hall–Kier alpha value is -5.08. The van der Waals surface area contributed by atoms with E-state index in [0.29, 0.717) is 5.41 Å². The van der Waals surface area contributed by atoms with Crippen molar-refractivity contribution in [2.75, 3.05) is 9.80 Å². The van der Waals surface area contributed by atoms with E-state index in [4.69, 9.17) is 0 Å². The van der Waals surface area contributed by atoms with Crippen LogP contribution < -0.4 is 9.80 Å². The van der Waals surface area contributed by atoms with Gasteiger partial charge in [0, 0.05) is 34.1 Å². The first-order valence-electron chi connectivity index (χ1n) is 17.8. The molecule has 0 spiro atoms. The lowest BCUT2D eigenvalue weighted by Crippen LogP contribution is -2.48. The van der Waals surface area contributed by atoms with Gasteiger partial charge in [0.05, 0.1) is 0 Å². The van der Waals surface area contributed by atoms with Crippen LogP contribution in [0.1, 0.15) is 44.1 Å². The molecule has 4 bridgehead atoms. The summed E-state index contributed by atoms with van der Waals surface area (Å²) in [6.07, 6.45) is 8.64. The molecule has 0 heterocycles. The molecule has 4 aliphatic rings. The molecule has 2 nitrogen and oxygen atoms in total. The lowest BCUT2D eigenvalue weighted by Gasteiger charge is -2.57. The van der Waals surface area contributed by atoms with Gasteiger partial charge in [0.1, 0.15) is 0 Å². The van der Waals surface area contributed by atoms with E-state index in [2.05, 4.69) is 174 Å². The Bertz CT molecular complexity index is 1910. The second-order valence-corrected chi connectivity index (χ2v) is 14.5. The number of hydrogen-bond acceptors (Lipinski definition) is 2. The molecule has 0 radical (unpaired) electrons. The minimum absolute atomic E-state index is 0.410. The summed E-state index contributed by atoms with van der Waals surface area (Å²) >= 11 is 0. The fraction of sp³-hybridized carbons (Fsp3) is 0.217. The van der Waals surface area contributed by atoms with Crippen LogP contribution in [0.4, 0.5) is 34.1 Å². The van der Waals surface area contributed by atoms with E-state index in [-0.39, 0.29) is 0 Å². The molecule has 0 atom stereocenters. The summed E-state index contributed by atoms with van der Waals surface area (Å²) in [7, 11) is 0. The highest BCUT2D eigenvalue weighted by atomic mass is 15.1. The first-order chi connectivity index (χ1) is 23.7. The molecule has 0 amide bonds. The summed E-state index contributed by atoms with van der Waals surface area (Å²) in [6, 6.07) is 59.7. The Morgan fingerprint density at radius 3 is 1.23 bits per heavy atom. The third kappa shape index (κ3) is 5.40. The molecule has 10 rings (SSSR count). The van der Waals surface area contributed by atoms with Crippen LogP contribution in [-0.2, 0) is 5.41 Å². The fourth-order valence-corrected chi connectivity index (χ4v) is 9.68. The Kier molecular flexibility index (Phi) is 7.38. The van der Waals surface area contributed by atoms with Crippen molar-refractivity contribution in [1.82, 2.24) is 0 Å². The standard InChI is InChI=1S/C46H42N2/c1-4-12-40(13-5-1)47(41-14-6-2-7-15-41)43-23-19-37(20-24-43)38-11-10-18-45(30-38)48(42-16-8-3-9-17-42)44-25-21-39(22-26-44)46-31-34-27-35(32-46)29-36(28-34)33-46/h1-26,30,34-36H,27-29,31-33H2. The van der Waals surface area contributed by atoms with Crippen molar-refractivity contribution in [1.29, 1.82) is 0 Å². The quantitative estimate of drug-likeness (QED) is 0.167. The third-order valence-corrected chi connectivity index (χ3v) is 11.4. The molecule has 0 aromatic heterocycles. The van der Waals surface area contributed by atoms with Crippen molar-refractivity contribution < 1.29 is 0 Å². The van der Waals surface area contributed by atoms with Crippen LogP contribution in [0.2, 0.25) is 0 Å². The summed E-state index contributed by atoms with van der Waals surface area (Å²) in [5.41, 5.74) is 11.4. The average molecular weight is 623 g/mol.